The topological polar surface area (TPSA) is 35.2 Å². The van der Waals surface area contributed by atoms with E-state index in [4.69, 9.17) is 10.5 Å². The number of benzene rings is 3. The zero-order chi connectivity index (χ0) is 16.4. The van der Waals surface area contributed by atoms with Crippen molar-refractivity contribution in [1.29, 1.82) is 0 Å². The Balaban J connectivity index is 2.04. The van der Waals surface area contributed by atoms with E-state index in [1.807, 2.05) is 0 Å². The monoisotopic (exact) mass is 311 g/mol. The van der Waals surface area contributed by atoms with Crippen LogP contribution in [-0.4, -0.2) is 7.11 Å². The van der Waals surface area contributed by atoms with Crippen molar-refractivity contribution in [2.45, 2.75) is 0 Å². The Labute approximate surface area is 133 Å². The van der Waals surface area contributed by atoms with Crippen LogP contribution < -0.4 is 10.5 Å². The molecular weight excluding hydrogens is 296 g/mol. The maximum absolute atomic E-state index is 14.5. The van der Waals surface area contributed by atoms with Gasteiger partial charge in [-0.05, 0) is 35.4 Å². The number of hydrogen-bond acceptors (Lipinski definition) is 2. The van der Waals surface area contributed by atoms with Crippen LogP contribution in [-0.2, 0) is 0 Å². The van der Waals surface area contributed by atoms with Gasteiger partial charge >= 0.3 is 0 Å². The summed E-state index contributed by atoms with van der Waals surface area (Å²) in [7, 11) is 1.55. The van der Waals surface area contributed by atoms with E-state index >= 15 is 0 Å². The Hall–Kier alpha value is -2.88. The number of anilines is 1. The minimum atomic E-state index is -0.872. The molecule has 3 aromatic carbocycles. The van der Waals surface area contributed by atoms with E-state index in [1.165, 1.54) is 0 Å². The zero-order valence-corrected chi connectivity index (χ0v) is 12.5. The number of rotatable bonds is 3. The predicted molar refractivity (Wildman–Crippen MR) is 88.2 cm³/mol. The van der Waals surface area contributed by atoms with E-state index < -0.39 is 11.6 Å². The molecule has 2 N–H and O–H groups in total. The molecule has 0 aliphatic carbocycles. The molecule has 0 fully saturated rings. The summed E-state index contributed by atoms with van der Waals surface area (Å²) in [5.41, 5.74) is 7.78. The molecular formula is C19H15F2NO. The average Bonchev–Trinajstić information content (AvgIpc) is 2.58. The summed E-state index contributed by atoms with van der Waals surface area (Å²) in [6, 6.07) is 16.6. The van der Waals surface area contributed by atoms with Crippen LogP contribution in [0.5, 0.6) is 5.75 Å². The van der Waals surface area contributed by atoms with Gasteiger partial charge in [0.2, 0.25) is 0 Å². The van der Waals surface area contributed by atoms with Crippen molar-refractivity contribution in [1.82, 2.24) is 0 Å². The second-order valence-electron chi connectivity index (χ2n) is 5.14. The molecule has 3 aromatic rings. The smallest absolute Gasteiger partial charge is 0.167 e. The van der Waals surface area contributed by atoms with Gasteiger partial charge in [0, 0.05) is 16.8 Å². The van der Waals surface area contributed by atoms with E-state index in [0.717, 1.165) is 0 Å². The minimum Gasteiger partial charge on any atom is -0.497 e. The van der Waals surface area contributed by atoms with Crippen LogP contribution in [0.4, 0.5) is 14.5 Å². The van der Waals surface area contributed by atoms with Gasteiger partial charge in [0.05, 0.1) is 7.11 Å². The number of nitrogens with two attached hydrogens (primary N) is 1. The molecule has 0 heterocycles. The van der Waals surface area contributed by atoms with Crippen molar-refractivity contribution in [2.24, 2.45) is 0 Å². The summed E-state index contributed by atoms with van der Waals surface area (Å²) in [6.45, 7) is 0. The number of methoxy groups -OCH3 is 1. The lowest BCUT2D eigenvalue weighted by Crippen LogP contribution is -1.94. The molecule has 0 aliphatic rings. The molecule has 0 radical (unpaired) electrons. The third kappa shape index (κ3) is 2.88. The second kappa shape index (κ2) is 6.08. The highest BCUT2D eigenvalue weighted by Crippen LogP contribution is 2.32. The molecule has 3 rings (SSSR count). The van der Waals surface area contributed by atoms with Crippen molar-refractivity contribution in [3.8, 4) is 28.0 Å². The summed E-state index contributed by atoms with van der Waals surface area (Å²) < 4.78 is 34.0. The Morgan fingerprint density at radius 1 is 0.696 bits per heavy atom. The molecule has 0 aliphatic heterocycles. The van der Waals surface area contributed by atoms with Gasteiger partial charge in [0.15, 0.2) is 11.6 Å². The van der Waals surface area contributed by atoms with E-state index in [2.05, 4.69) is 0 Å². The predicted octanol–water partition coefficient (Wildman–Crippen LogP) is 4.89. The highest BCUT2D eigenvalue weighted by Gasteiger charge is 2.15. The highest BCUT2D eigenvalue weighted by molar-refractivity contribution is 5.72. The molecule has 2 nitrogen and oxygen atoms in total. The van der Waals surface area contributed by atoms with Gasteiger partial charge in [-0.25, -0.2) is 8.78 Å². The summed E-state index contributed by atoms with van der Waals surface area (Å²) in [4.78, 5) is 0. The highest BCUT2D eigenvalue weighted by atomic mass is 19.2. The summed E-state index contributed by atoms with van der Waals surface area (Å²) >= 11 is 0. The van der Waals surface area contributed by atoms with Gasteiger partial charge in [0.1, 0.15) is 5.75 Å². The maximum atomic E-state index is 14.5. The summed E-state index contributed by atoms with van der Waals surface area (Å²) in [6.07, 6.45) is 0. The molecule has 116 valence electrons. The molecule has 0 aromatic heterocycles. The van der Waals surface area contributed by atoms with Gasteiger partial charge in [-0.2, -0.15) is 0 Å². The molecule has 0 unspecified atom stereocenters. The number of ether oxygens (including phenoxy) is 1. The van der Waals surface area contributed by atoms with Crippen LogP contribution in [0.2, 0.25) is 0 Å². The summed E-state index contributed by atoms with van der Waals surface area (Å²) in [5.74, 6) is -1.08. The van der Waals surface area contributed by atoms with Crippen molar-refractivity contribution in [2.75, 3.05) is 12.8 Å². The minimum absolute atomic E-state index is 0.208. The fourth-order valence-electron chi connectivity index (χ4n) is 2.43. The number of nitrogen functional groups attached to an aromatic ring is 1. The van der Waals surface area contributed by atoms with Crippen molar-refractivity contribution >= 4 is 5.69 Å². The van der Waals surface area contributed by atoms with Crippen LogP contribution in [0, 0.1) is 11.6 Å². The van der Waals surface area contributed by atoms with Crippen molar-refractivity contribution < 1.29 is 13.5 Å². The van der Waals surface area contributed by atoms with E-state index in [0.29, 0.717) is 22.6 Å². The normalized spacial score (nSPS) is 10.6. The van der Waals surface area contributed by atoms with Gasteiger partial charge in [-0.1, -0.05) is 36.4 Å². The van der Waals surface area contributed by atoms with E-state index in [9.17, 15) is 8.78 Å². The number of hydrogen-bond donors (Lipinski definition) is 1. The fourth-order valence-corrected chi connectivity index (χ4v) is 2.43. The molecule has 0 amide bonds. The third-order valence-corrected chi connectivity index (χ3v) is 3.71. The first kappa shape index (κ1) is 15.0. The van der Waals surface area contributed by atoms with E-state index in [-0.39, 0.29) is 11.1 Å². The average molecular weight is 311 g/mol. The number of halogens is 2. The first-order valence-electron chi connectivity index (χ1n) is 7.08. The zero-order valence-electron chi connectivity index (χ0n) is 12.5. The van der Waals surface area contributed by atoms with Crippen LogP contribution in [0.1, 0.15) is 0 Å². The first-order valence-corrected chi connectivity index (χ1v) is 7.08. The van der Waals surface area contributed by atoms with Crippen molar-refractivity contribution in [3.63, 3.8) is 0 Å². The molecule has 4 heteroatoms. The largest absolute Gasteiger partial charge is 0.497 e. The van der Waals surface area contributed by atoms with Gasteiger partial charge in [-0.3, -0.25) is 0 Å². The maximum Gasteiger partial charge on any atom is 0.167 e. The molecule has 0 saturated carbocycles. The Morgan fingerprint density at radius 3 is 1.57 bits per heavy atom. The lowest BCUT2D eigenvalue weighted by molar-refractivity contribution is 0.415. The van der Waals surface area contributed by atoms with Gasteiger partial charge in [0.25, 0.3) is 0 Å². The second-order valence-corrected chi connectivity index (χ2v) is 5.14. The molecule has 0 atom stereocenters. The molecule has 0 bridgehead atoms. The van der Waals surface area contributed by atoms with Crippen LogP contribution in [0.25, 0.3) is 22.3 Å². The lowest BCUT2D eigenvalue weighted by Gasteiger charge is -2.10. The molecule has 0 spiro atoms. The summed E-state index contributed by atoms with van der Waals surface area (Å²) in [5, 5.41) is 0. The van der Waals surface area contributed by atoms with Gasteiger partial charge in [-0.15, -0.1) is 0 Å². The SMILES string of the molecule is COc1ccc(-c2ccc(-c3ccc(N)cc3)c(F)c2F)cc1. The van der Waals surface area contributed by atoms with Crippen LogP contribution in [0.15, 0.2) is 60.7 Å². The standard InChI is InChI=1S/C19H15F2NO/c1-23-15-8-4-13(5-9-15)17-11-10-16(18(20)19(17)21)12-2-6-14(22)7-3-12/h2-11H,22H2,1H3. The first-order chi connectivity index (χ1) is 11.1. The molecule has 23 heavy (non-hydrogen) atoms. The van der Waals surface area contributed by atoms with Gasteiger partial charge < -0.3 is 10.5 Å². The molecule has 0 saturated heterocycles. The Kier molecular flexibility index (Phi) is 3.98. The van der Waals surface area contributed by atoms with Crippen LogP contribution >= 0.6 is 0 Å². The Bertz CT molecular complexity index is 827. The Morgan fingerprint density at radius 2 is 1.13 bits per heavy atom. The quantitative estimate of drug-likeness (QED) is 0.699. The van der Waals surface area contributed by atoms with E-state index in [1.54, 1.807) is 67.8 Å². The fraction of sp³-hybridized carbons (Fsp3) is 0.0526. The van der Waals surface area contributed by atoms with Crippen molar-refractivity contribution in [3.05, 3.63) is 72.3 Å². The lowest BCUT2D eigenvalue weighted by atomic mass is 9.98. The third-order valence-electron chi connectivity index (χ3n) is 3.71. The van der Waals surface area contributed by atoms with Crippen LogP contribution in [0.3, 0.4) is 0 Å².